The molecule has 0 bridgehead atoms. The molecule has 1 aliphatic heterocycles. The molecule has 24 heavy (non-hydrogen) atoms. The summed E-state index contributed by atoms with van der Waals surface area (Å²) >= 11 is 0. The maximum absolute atomic E-state index is 4.28. The molecule has 0 spiro atoms. The third kappa shape index (κ3) is 3.38. The fraction of sp³-hybridized carbons (Fsp3) is 0.389. The lowest BCUT2D eigenvalue weighted by Gasteiger charge is -2.35. The molecule has 3 aromatic rings. The Bertz CT molecular complexity index is 732. The zero-order chi connectivity index (χ0) is 16.2. The fourth-order valence-corrected chi connectivity index (χ4v) is 3.43. The lowest BCUT2D eigenvalue weighted by atomic mass is 10.0. The van der Waals surface area contributed by atoms with E-state index in [1.54, 1.807) is 12.5 Å². The maximum Gasteiger partial charge on any atom is 0.137 e. The molecule has 1 aliphatic rings. The Morgan fingerprint density at radius 1 is 1.08 bits per heavy atom. The van der Waals surface area contributed by atoms with E-state index in [0.717, 1.165) is 25.3 Å². The van der Waals surface area contributed by atoms with Crippen molar-refractivity contribution in [1.29, 1.82) is 0 Å². The highest BCUT2D eigenvalue weighted by Gasteiger charge is 2.23. The van der Waals surface area contributed by atoms with Gasteiger partial charge in [-0.15, -0.1) is 0 Å². The van der Waals surface area contributed by atoms with Crippen LogP contribution >= 0.6 is 0 Å². The molecule has 0 N–H and O–H groups in total. The van der Waals surface area contributed by atoms with Crippen molar-refractivity contribution in [2.24, 2.45) is 0 Å². The van der Waals surface area contributed by atoms with Crippen LogP contribution in [-0.2, 0) is 13.1 Å². The number of aromatic nitrogens is 5. The van der Waals surface area contributed by atoms with Crippen molar-refractivity contribution in [1.82, 2.24) is 29.4 Å². The highest BCUT2D eigenvalue weighted by molar-refractivity contribution is 5.33. The van der Waals surface area contributed by atoms with Crippen molar-refractivity contribution in [3.05, 3.63) is 60.9 Å². The topological polar surface area (TPSA) is 51.8 Å². The summed E-state index contributed by atoms with van der Waals surface area (Å²) in [6, 6.07) is 11.2. The average Bonchev–Trinajstić information content (AvgIpc) is 3.31. The molecule has 6 nitrogen and oxygen atoms in total. The molecular formula is C18H22N6. The second-order valence-corrected chi connectivity index (χ2v) is 6.35. The van der Waals surface area contributed by atoms with Crippen LogP contribution in [-0.4, -0.2) is 42.0 Å². The van der Waals surface area contributed by atoms with E-state index in [1.807, 2.05) is 28.0 Å². The molecule has 0 radical (unpaired) electrons. The Balaban J connectivity index is 1.44. The Morgan fingerprint density at radius 2 is 2.00 bits per heavy atom. The Hall–Kier alpha value is -2.47. The molecule has 6 heteroatoms. The summed E-state index contributed by atoms with van der Waals surface area (Å²) in [5.41, 5.74) is 2.44. The zero-order valence-corrected chi connectivity index (χ0v) is 13.7. The molecule has 0 unspecified atom stereocenters. The number of hydrogen-bond acceptors (Lipinski definition) is 4. The monoisotopic (exact) mass is 322 g/mol. The van der Waals surface area contributed by atoms with Crippen molar-refractivity contribution in [3.8, 4) is 5.69 Å². The third-order valence-corrected chi connectivity index (χ3v) is 4.70. The number of rotatable bonds is 5. The minimum Gasteiger partial charge on any atom is -0.294 e. The standard InChI is InChI=1S/C18H22N6/c1-2-10-22(18(4-1)13-23-15-19-14-21-23)12-16-5-7-17(8-6-16)24-11-3-9-20-24/h3,5-9,11,14-15,18H,1-2,4,10,12-13H2/t18-/m0/s1. The van der Waals surface area contributed by atoms with E-state index >= 15 is 0 Å². The van der Waals surface area contributed by atoms with Crippen molar-refractivity contribution in [2.45, 2.75) is 38.4 Å². The van der Waals surface area contributed by atoms with Gasteiger partial charge < -0.3 is 0 Å². The molecule has 2 aromatic heterocycles. The van der Waals surface area contributed by atoms with Crippen molar-refractivity contribution < 1.29 is 0 Å². The van der Waals surface area contributed by atoms with Crippen LogP contribution in [0.25, 0.3) is 5.69 Å². The molecule has 1 fully saturated rings. The van der Waals surface area contributed by atoms with Crippen LogP contribution in [0.3, 0.4) is 0 Å². The third-order valence-electron chi connectivity index (χ3n) is 4.70. The first-order chi connectivity index (χ1) is 11.9. The van der Waals surface area contributed by atoms with Crippen molar-refractivity contribution >= 4 is 0 Å². The molecule has 124 valence electrons. The summed E-state index contributed by atoms with van der Waals surface area (Å²) < 4.78 is 3.84. The first-order valence-electron chi connectivity index (χ1n) is 8.54. The minimum atomic E-state index is 0.534. The van der Waals surface area contributed by atoms with Gasteiger partial charge in [0.05, 0.1) is 12.2 Å². The predicted octanol–water partition coefficient (Wildman–Crippen LogP) is 2.52. The SMILES string of the molecule is c1cnn(-c2ccc(CN3CCCC[C@H]3Cn3cncn3)cc2)c1. The molecule has 0 saturated carbocycles. The summed E-state index contributed by atoms with van der Waals surface area (Å²) in [5, 5.41) is 8.54. The van der Waals surface area contributed by atoms with Gasteiger partial charge in [-0.1, -0.05) is 18.6 Å². The highest BCUT2D eigenvalue weighted by Crippen LogP contribution is 2.21. The summed E-state index contributed by atoms with van der Waals surface area (Å²) in [6.07, 6.45) is 11.0. The second kappa shape index (κ2) is 6.97. The number of hydrogen-bond donors (Lipinski definition) is 0. The van der Waals surface area contributed by atoms with Gasteiger partial charge in [-0.3, -0.25) is 9.58 Å². The Morgan fingerprint density at radius 3 is 2.75 bits per heavy atom. The molecule has 1 atom stereocenters. The van der Waals surface area contributed by atoms with Gasteiger partial charge in [-0.2, -0.15) is 10.2 Å². The van der Waals surface area contributed by atoms with E-state index in [1.165, 1.54) is 24.8 Å². The van der Waals surface area contributed by atoms with Gasteiger partial charge in [0.2, 0.25) is 0 Å². The first-order valence-corrected chi connectivity index (χ1v) is 8.54. The summed E-state index contributed by atoms with van der Waals surface area (Å²) in [6.45, 7) is 3.06. The van der Waals surface area contributed by atoms with E-state index < -0.39 is 0 Å². The summed E-state index contributed by atoms with van der Waals surface area (Å²) in [4.78, 5) is 6.63. The smallest absolute Gasteiger partial charge is 0.137 e. The van der Waals surface area contributed by atoms with Crippen molar-refractivity contribution in [2.75, 3.05) is 6.54 Å². The molecule has 0 aliphatic carbocycles. The van der Waals surface area contributed by atoms with Gasteiger partial charge in [-0.25, -0.2) is 9.67 Å². The van der Waals surface area contributed by atoms with E-state index in [4.69, 9.17) is 0 Å². The molecule has 1 aromatic carbocycles. The van der Waals surface area contributed by atoms with Crippen LogP contribution in [0.1, 0.15) is 24.8 Å². The van der Waals surface area contributed by atoms with Gasteiger partial charge in [0.25, 0.3) is 0 Å². The van der Waals surface area contributed by atoms with E-state index in [9.17, 15) is 0 Å². The first kappa shape index (κ1) is 15.1. The molecule has 4 rings (SSSR count). The number of benzene rings is 1. The lowest BCUT2D eigenvalue weighted by molar-refractivity contribution is 0.122. The van der Waals surface area contributed by atoms with Crippen LogP contribution in [0.5, 0.6) is 0 Å². The maximum atomic E-state index is 4.28. The van der Waals surface area contributed by atoms with Gasteiger partial charge in [-0.05, 0) is 43.1 Å². The van der Waals surface area contributed by atoms with Crippen LogP contribution in [0, 0.1) is 0 Å². The number of piperidine rings is 1. The Labute approximate surface area is 141 Å². The van der Waals surface area contributed by atoms with Gasteiger partial charge in [0, 0.05) is 25.0 Å². The van der Waals surface area contributed by atoms with E-state index in [0.29, 0.717) is 6.04 Å². The second-order valence-electron chi connectivity index (χ2n) is 6.35. The average molecular weight is 322 g/mol. The summed E-state index contributed by atoms with van der Waals surface area (Å²) in [7, 11) is 0. The number of nitrogens with zero attached hydrogens (tertiary/aromatic N) is 6. The Kier molecular flexibility index (Phi) is 4.38. The van der Waals surface area contributed by atoms with E-state index in [-0.39, 0.29) is 0 Å². The zero-order valence-electron chi connectivity index (χ0n) is 13.7. The molecule has 0 amide bonds. The predicted molar refractivity (Wildman–Crippen MR) is 91.6 cm³/mol. The quantitative estimate of drug-likeness (QED) is 0.724. The van der Waals surface area contributed by atoms with Gasteiger partial charge in [0.15, 0.2) is 0 Å². The van der Waals surface area contributed by atoms with Crippen LogP contribution in [0.4, 0.5) is 0 Å². The lowest BCUT2D eigenvalue weighted by Crippen LogP contribution is -2.41. The summed E-state index contributed by atoms with van der Waals surface area (Å²) in [5.74, 6) is 0. The van der Waals surface area contributed by atoms with Crippen LogP contribution < -0.4 is 0 Å². The van der Waals surface area contributed by atoms with Gasteiger partial charge >= 0.3 is 0 Å². The highest BCUT2D eigenvalue weighted by atomic mass is 15.3. The van der Waals surface area contributed by atoms with Crippen LogP contribution in [0.2, 0.25) is 0 Å². The minimum absolute atomic E-state index is 0.534. The normalized spacial score (nSPS) is 18.8. The molecular weight excluding hydrogens is 300 g/mol. The number of likely N-dealkylation sites (tertiary alicyclic amines) is 1. The largest absolute Gasteiger partial charge is 0.294 e. The van der Waals surface area contributed by atoms with Gasteiger partial charge in [0.1, 0.15) is 12.7 Å². The fourth-order valence-electron chi connectivity index (χ4n) is 3.43. The van der Waals surface area contributed by atoms with Crippen LogP contribution in [0.15, 0.2) is 55.4 Å². The molecule has 1 saturated heterocycles. The molecule has 3 heterocycles. The van der Waals surface area contributed by atoms with E-state index in [2.05, 4.69) is 44.3 Å². The van der Waals surface area contributed by atoms with Crippen molar-refractivity contribution in [3.63, 3.8) is 0 Å².